The minimum absolute atomic E-state index is 0.0105. The van der Waals surface area contributed by atoms with E-state index in [0.29, 0.717) is 6.42 Å². The van der Waals surface area contributed by atoms with Gasteiger partial charge >= 0.3 is 7.12 Å². The van der Waals surface area contributed by atoms with Gasteiger partial charge < -0.3 is 15.4 Å². The second-order valence-electron chi connectivity index (χ2n) is 5.32. The standard InChI is InChI=1S/C13H20BN3O4/c1-9(2)5-10(14(20)21)6-11(18)7-17-13(19)12-8-15-3-4-16-12/h3-4,8-10,20-21H,5-7H2,1-2H3,(H,17,19)/t10-/m1/s1. The Hall–Kier alpha value is -1.80. The molecule has 21 heavy (non-hydrogen) atoms. The van der Waals surface area contributed by atoms with E-state index in [2.05, 4.69) is 15.3 Å². The zero-order valence-electron chi connectivity index (χ0n) is 12.2. The lowest BCUT2D eigenvalue weighted by atomic mass is 9.66. The van der Waals surface area contributed by atoms with E-state index >= 15 is 0 Å². The number of Topliss-reactive ketones (excluding diaryl/α,β-unsaturated/α-hetero) is 1. The first-order valence-electron chi connectivity index (χ1n) is 6.82. The fourth-order valence-electron chi connectivity index (χ4n) is 1.97. The second-order valence-corrected chi connectivity index (χ2v) is 5.32. The maximum absolute atomic E-state index is 11.8. The van der Waals surface area contributed by atoms with Crippen molar-refractivity contribution < 1.29 is 19.6 Å². The zero-order valence-corrected chi connectivity index (χ0v) is 12.2. The van der Waals surface area contributed by atoms with E-state index < -0.39 is 18.8 Å². The van der Waals surface area contributed by atoms with Crippen molar-refractivity contribution in [2.45, 2.75) is 32.5 Å². The molecule has 0 unspecified atom stereocenters. The predicted molar refractivity (Wildman–Crippen MR) is 77.4 cm³/mol. The molecule has 0 spiro atoms. The van der Waals surface area contributed by atoms with Crippen LogP contribution in [0.3, 0.4) is 0 Å². The molecule has 0 radical (unpaired) electrons. The largest absolute Gasteiger partial charge is 0.455 e. The first kappa shape index (κ1) is 17.3. The van der Waals surface area contributed by atoms with E-state index in [9.17, 15) is 19.6 Å². The molecule has 0 aliphatic carbocycles. The molecule has 0 aromatic carbocycles. The molecule has 0 bridgehead atoms. The van der Waals surface area contributed by atoms with E-state index in [0.717, 1.165) is 0 Å². The summed E-state index contributed by atoms with van der Waals surface area (Å²) in [6.45, 7) is 3.71. The van der Waals surface area contributed by atoms with Crippen LogP contribution in [0.2, 0.25) is 5.82 Å². The lowest BCUT2D eigenvalue weighted by Crippen LogP contribution is -2.32. The fourth-order valence-corrected chi connectivity index (χ4v) is 1.97. The van der Waals surface area contributed by atoms with Gasteiger partial charge in [-0.2, -0.15) is 0 Å². The fraction of sp³-hybridized carbons (Fsp3) is 0.538. The summed E-state index contributed by atoms with van der Waals surface area (Å²) < 4.78 is 0. The lowest BCUT2D eigenvalue weighted by Gasteiger charge is -2.17. The molecule has 114 valence electrons. The number of aromatic nitrogens is 2. The summed E-state index contributed by atoms with van der Waals surface area (Å²) in [6.07, 6.45) is 4.68. The molecule has 1 atom stereocenters. The van der Waals surface area contributed by atoms with Gasteiger partial charge in [0, 0.05) is 24.6 Å². The molecule has 1 aromatic rings. The van der Waals surface area contributed by atoms with Crippen molar-refractivity contribution in [3.63, 3.8) is 0 Å². The number of nitrogens with zero attached hydrogens (tertiary/aromatic N) is 2. The molecule has 0 saturated carbocycles. The molecular formula is C13H20BN3O4. The molecule has 0 fully saturated rings. The molecule has 1 aromatic heterocycles. The molecule has 0 saturated heterocycles. The number of amides is 1. The van der Waals surface area contributed by atoms with Crippen LogP contribution in [0.25, 0.3) is 0 Å². The van der Waals surface area contributed by atoms with E-state index in [1.54, 1.807) is 0 Å². The van der Waals surface area contributed by atoms with Crippen LogP contribution in [0.4, 0.5) is 0 Å². The van der Waals surface area contributed by atoms with Crippen LogP contribution in [0.5, 0.6) is 0 Å². The Labute approximate surface area is 124 Å². The predicted octanol–water partition coefficient (Wildman–Crippen LogP) is 0.0547. The van der Waals surface area contributed by atoms with Gasteiger partial charge in [-0.1, -0.05) is 13.8 Å². The Morgan fingerprint density at radius 1 is 1.33 bits per heavy atom. The molecule has 3 N–H and O–H groups in total. The van der Waals surface area contributed by atoms with Crippen molar-refractivity contribution in [3.8, 4) is 0 Å². The first-order chi connectivity index (χ1) is 9.90. The van der Waals surface area contributed by atoms with Crippen molar-refractivity contribution >= 4 is 18.8 Å². The van der Waals surface area contributed by atoms with E-state index in [-0.39, 0.29) is 30.4 Å². The highest BCUT2D eigenvalue weighted by atomic mass is 16.4. The normalized spacial score (nSPS) is 12.0. The summed E-state index contributed by atoms with van der Waals surface area (Å²) in [6, 6.07) is 0. The third-order valence-corrected chi connectivity index (χ3v) is 2.93. The average Bonchev–Trinajstić information content (AvgIpc) is 2.44. The maximum atomic E-state index is 11.8. The van der Waals surface area contributed by atoms with Gasteiger partial charge in [-0.3, -0.25) is 14.6 Å². The summed E-state index contributed by atoms with van der Waals surface area (Å²) in [4.78, 5) is 31.1. The van der Waals surface area contributed by atoms with Crippen LogP contribution in [0.15, 0.2) is 18.6 Å². The Morgan fingerprint density at radius 2 is 2.05 bits per heavy atom. The minimum Gasteiger partial charge on any atom is -0.427 e. The summed E-state index contributed by atoms with van der Waals surface area (Å²) in [5.74, 6) is -1.02. The van der Waals surface area contributed by atoms with Crippen LogP contribution in [-0.2, 0) is 4.79 Å². The summed E-state index contributed by atoms with van der Waals surface area (Å²) in [5, 5.41) is 21.0. The van der Waals surface area contributed by atoms with Crippen molar-refractivity contribution in [3.05, 3.63) is 24.3 Å². The average molecular weight is 293 g/mol. The van der Waals surface area contributed by atoms with Gasteiger partial charge in [0.05, 0.1) is 12.7 Å². The Morgan fingerprint density at radius 3 is 2.57 bits per heavy atom. The molecule has 1 amide bonds. The quantitative estimate of drug-likeness (QED) is 0.584. The SMILES string of the molecule is CC(C)C[C@H](CC(=O)CNC(=O)c1cnccn1)B(O)O. The van der Waals surface area contributed by atoms with Crippen molar-refractivity contribution in [1.82, 2.24) is 15.3 Å². The molecular weight excluding hydrogens is 273 g/mol. The highest BCUT2D eigenvalue weighted by Crippen LogP contribution is 2.22. The summed E-state index contributed by atoms with van der Waals surface area (Å²) in [5.41, 5.74) is 0.131. The van der Waals surface area contributed by atoms with Crippen molar-refractivity contribution in [1.29, 1.82) is 0 Å². The lowest BCUT2D eigenvalue weighted by molar-refractivity contribution is -0.118. The van der Waals surface area contributed by atoms with E-state index in [1.807, 2.05) is 13.8 Å². The Balaban J connectivity index is 2.44. The first-order valence-corrected chi connectivity index (χ1v) is 6.82. The van der Waals surface area contributed by atoms with Gasteiger partial charge in [-0.05, 0) is 12.3 Å². The molecule has 1 rings (SSSR count). The third kappa shape index (κ3) is 6.46. The third-order valence-electron chi connectivity index (χ3n) is 2.93. The second kappa shape index (κ2) is 8.48. The van der Waals surface area contributed by atoms with E-state index in [4.69, 9.17) is 0 Å². The maximum Gasteiger partial charge on any atom is 0.455 e. The van der Waals surface area contributed by atoms with Crippen LogP contribution in [-0.4, -0.2) is 45.4 Å². The number of hydrogen-bond donors (Lipinski definition) is 3. The molecule has 0 aliphatic rings. The smallest absolute Gasteiger partial charge is 0.427 e. The minimum atomic E-state index is -1.54. The van der Waals surface area contributed by atoms with Crippen molar-refractivity contribution in [2.24, 2.45) is 5.92 Å². The van der Waals surface area contributed by atoms with Crippen LogP contribution >= 0.6 is 0 Å². The molecule has 1 heterocycles. The number of ketones is 1. The number of nitrogens with one attached hydrogen (secondary N) is 1. The van der Waals surface area contributed by atoms with E-state index in [1.165, 1.54) is 18.6 Å². The number of carbonyl (C=O) groups is 2. The van der Waals surface area contributed by atoms with Gasteiger partial charge in [-0.25, -0.2) is 4.98 Å². The Kier molecular flexibility index (Phi) is 6.97. The van der Waals surface area contributed by atoms with Gasteiger partial charge in [0.2, 0.25) is 0 Å². The molecule has 7 nitrogen and oxygen atoms in total. The highest BCUT2D eigenvalue weighted by Gasteiger charge is 2.26. The monoisotopic (exact) mass is 293 g/mol. The van der Waals surface area contributed by atoms with Crippen molar-refractivity contribution in [2.75, 3.05) is 6.54 Å². The molecule has 0 aliphatic heterocycles. The topological polar surface area (TPSA) is 112 Å². The zero-order chi connectivity index (χ0) is 15.8. The van der Waals surface area contributed by atoms with Crippen LogP contribution in [0, 0.1) is 5.92 Å². The number of carbonyl (C=O) groups excluding carboxylic acids is 2. The highest BCUT2D eigenvalue weighted by molar-refractivity contribution is 6.43. The summed E-state index contributed by atoms with van der Waals surface area (Å²) >= 11 is 0. The van der Waals surface area contributed by atoms with Gasteiger partial charge in [0.15, 0.2) is 5.78 Å². The number of rotatable bonds is 8. The molecule has 8 heteroatoms. The van der Waals surface area contributed by atoms with Gasteiger partial charge in [0.1, 0.15) is 5.69 Å². The van der Waals surface area contributed by atoms with Crippen LogP contribution < -0.4 is 5.32 Å². The number of hydrogen-bond acceptors (Lipinski definition) is 6. The van der Waals surface area contributed by atoms with Crippen LogP contribution in [0.1, 0.15) is 37.2 Å². The van der Waals surface area contributed by atoms with Gasteiger partial charge in [0.25, 0.3) is 5.91 Å². The Bertz CT molecular complexity index is 468. The summed E-state index contributed by atoms with van der Waals surface area (Å²) in [7, 11) is -1.54. The van der Waals surface area contributed by atoms with Gasteiger partial charge in [-0.15, -0.1) is 0 Å².